The van der Waals surface area contributed by atoms with Gasteiger partial charge in [0.05, 0.1) is 38.6 Å². The minimum Gasteiger partial charge on any atom is -0.394 e. The van der Waals surface area contributed by atoms with Gasteiger partial charge in [-0.05, 0) is 70.6 Å². The number of aliphatic hydroxyl groups excluding tert-OH is 11. The Morgan fingerprint density at radius 2 is 0.833 bits per heavy atom. The molecule has 3 saturated heterocycles. The van der Waals surface area contributed by atoms with Crippen molar-refractivity contribution in [1.82, 2.24) is 5.32 Å². The minimum absolute atomic E-state index is 0.00562. The predicted octanol–water partition coefficient (Wildman–Crippen LogP) is 6.54. The highest BCUT2D eigenvalue weighted by Gasteiger charge is 2.53. The van der Waals surface area contributed by atoms with E-state index in [2.05, 4.69) is 79.9 Å². The topological polar surface area (TPSA) is 307 Å². The number of nitrogens with one attached hydrogen (secondary N) is 1. The number of hydrogen-bond donors (Lipinski definition) is 12. The van der Waals surface area contributed by atoms with Gasteiger partial charge < -0.3 is 89.9 Å². The predicted molar refractivity (Wildman–Crippen MR) is 323 cm³/mol. The van der Waals surface area contributed by atoms with Crippen LogP contribution in [0.2, 0.25) is 0 Å². The molecule has 0 aliphatic carbocycles. The Morgan fingerprint density at radius 1 is 0.440 bits per heavy atom. The molecule has 482 valence electrons. The summed E-state index contributed by atoms with van der Waals surface area (Å²) in [6.45, 7) is 1.49. The molecular formula is C65H109NO18. The fourth-order valence-corrected chi connectivity index (χ4v) is 9.99. The molecule has 1 amide bonds. The number of amides is 1. The maximum absolute atomic E-state index is 13.3. The molecule has 17 atom stereocenters. The van der Waals surface area contributed by atoms with Gasteiger partial charge in [-0.15, -0.1) is 0 Å². The lowest BCUT2D eigenvalue weighted by Gasteiger charge is -2.48. The number of ether oxygens (including phenoxy) is 6. The molecule has 0 bridgehead atoms. The summed E-state index contributed by atoms with van der Waals surface area (Å²) in [6, 6.07) is -1.06. The molecule has 3 rings (SSSR count). The van der Waals surface area contributed by atoms with Crippen molar-refractivity contribution in [2.75, 3.05) is 26.4 Å². The molecule has 84 heavy (non-hydrogen) atoms. The standard InChI is InChI=1S/C65H109NO18/c1-3-5-7-9-11-13-15-17-19-20-21-22-23-24-25-26-27-29-30-32-34-36-38-40-42-49(70)48(66-53(71)43-41-39-37-35-33-31-28-18-16-14-12-10-8-6-4-2)47-79-63-59(77)56(74)61(51(45-68)81-63)84-65-60(78)57(75)62(52(46-69)82-65)83-64-58(76)55(73)54(72)50(44-67)80-64/h6,8,12,14,18,26-28,32-35,39-42,48-52,54-65,67-70,72-78H,3-5,7,9-11,13,15-17,19-25,29-31,36-38,43-47H2,1-2H3,(H,66,71)/b8-6-,14-12-,27-26+,28-18-,34-32+,35-33-,41-39-,42-40+. The second-order valence-corrected chi connectivity index (χ2v) is 22.1. The molecule has 3 aliphatic rings. The van der Waals surface area contributed by atoms with Crippen molar-refractivity contribution >= 4 is 5.91 Å². The zero-order valence-electron chi connectivity index (χ0n) is 50.3. The van der Waals surface area contributed by atoms with E-state index in [1.165, 1.54) is 89.9 Å². The Kier molecular flexibility index (Phi) is 41.8. The van der Waals surface area contributed by atoms with Crippen LogP contribution in [0.15, 0.2) is 97.2 Å². The van der Waals surface area contributed by atoms with Gasteiger partial charge in [0.15, 0.2) is 18.9 Å². The van der Waals surface area contributed by atoms with E-state index >= 15 is 0 Å². The van der Waals surface area contributed by atoms with E-state index < -0.39 is 137 Å². The van der Waals surface area contributed by atoms with Crippen molar-refractivity contribution in [3.63, 3.8) is 0 Å². The van der Waals surface area contributed by atoms with Gasteiger partial charge >= 0.3 is 0 Å². The Balaban J connectivity index is 1.52. The Hall–Kier alpha value is -3.29. The summed E-state index contributed by atoms with van der Waals surface area (Å²) in [5.41, 5.74) is 0. The summed E-state index contributed by atoms with van der Waals surface area (Å²) < 4.78 is 34.2. The number of unbranched alkanes of at least 4 members (excludes halogenated alkanes) is 16. The lowest BCUT2D eigenvalue weighted by molar-refractivity contribution is -0.379. The smallest absolute Gasteiger partial charge is 0.224 e. The van der Waals surface area contributed by atoms with Crippen molar-refractivity contribution in [2.24, 2.45) is 0 Å². The largest absolute Gasteiger partial charge is 0.394 e. The Bertz CT molecular complexity index is 1910. The molecule has 0 radical (unpaired) electrons. The van der Waals surface area contributed by atoms with Gasteiger partial charge in [0, 0.05) is 6.42 Å². The number of aliphatic hydroxyl groups is 11. The first-order valence-electron chi connectivity index (χ1n) is 31.5. The van der Waals surface area contributed by atoms with Crippen molar-refractivity contribution < 1.29 is 89.4 Å². The molecule has 19 nitrogen and oxygen atoms in total. The molecule has 12 N–H and O–H groups in total. The van der Waals surface area contributed by atoms with E-state index in [0.717, 1.165) is 51.4 Å². The zero-order chi connectivity index (χ0) is 61.2. The summed E-state index contributed by atoms with van der Waals surface area (Å²) in [6.07, 6.45) is 32.9. The van der Waals surface area contributed by atoms with Gasteiger partial charge in [0.25, 0.3) is 0 Å². The quantitative estimate of drug-likeness (QED) is 0.0228. The van der Waals surface area contributed by atoms with E-state index in [-0.39, 0.29) is 6.42 Å². The van der Waals surface area contributed by atoms with Gasteiger partial charge in [0.2, 0.25) is 5.91 Å². The van der Waals surface area contributed by atoms with E-state index in [0.29, 0.717) is 12.8 Å². The van der Waals surface area contributed by atoms with Gasteiger partial charge in [0.1, 0.15) is 73.2 Å². The van der Waals surface area contributed by atoms with Crippen LogP contribution in [0.1, 0.15) is 174 Å². The van der Waals surface area contributed by atoms with Crippen molar-refractivity contribution in [3.8, 4) is 0 Å². The van der Waals surface area contributed by atoms with Crippen molar-refractivity contribution in [3.05, 3.63) is 97.2 Å². The molecule has 0 spiro atoms. The third-order valence-electron chi connectivity index (χ3n) is 15.1. The third kappa shape index (κ3) is 29.6. The third-order valence-corrected chi connectivity index (χ3v) is 15.1. The maximum Gasteiger partial charge on any atom is 0.224 e. The summed E-state index contributed by atoms with van der Waals surface area (Å²) in [7, 11) is 0. The average molecular weight is 1190 g/mol. The van der Waals surface area contributed by atoms with E-state index in [4.69, 9.17) is 28.4 Å². The Labute approximate surface area is 501 Å². The van der Waals surface area contributed by atoms with Crippen LogP contribution >= 0.6 is 0 Å². The molecule has 17 unspecified atom stereocenters. The summed E-state index contributed by atoms with van der Waals surface area (Å²) in [5.74, 6) is -0.420. The van der Waals surface area contributed by atoms with E-state index in [9.17, 15) is 61.0 Å². The number of hydrogen-bond acceptors (Lipinski definition) is 18. The number of carbonyl (C=O) groups is 1. The molecule has 3 heterocycles. The van der Waals surface area contributed by atoms with Gasteiger partial charge in [-0.2, -0.15) is 0 Å². The first kappa shape index (κ1) is 75.0. The summed E-state index contributed by atoms with van der Waals surface area (Å²) in [5, 5.41) is 120. The monoisotopic (exact) mass is 1190 g/mol. The van der Waals surface area contributed by atoms with Crippen LogP contribution in [0.3, 0.4) is 0 Å². The Morgan fingerprint density at radius 3 is 1.31 bits per heavy atom. The van der Waals surface area contributed by atoms with Crippen molar-refractivity contribution in [2.45, 2.75) is 279 Å². The number of rotatable bonds is 45. The SMILES string of the molecule is CC/C=C\C/C=C\C/C=C\C/C=C\C/C=C\CC(=O)NC(COC1OC(CO)C(OC2OC(CO)C(OC3OC(CO)C(O)C(O)C3O)C(O)C2O)C(O)C1O)C(O)/C=C/CC/C=C/CC/C=C/CCCCCCCCCCCCCCCC. The molecule has 19 heteroatoms. The van der Waals surface area contributed by atoms with Crippen LogP contribution in [-0.4, -0.2) is 193 Å². The molecule has 0 saturated carbocycles. The number of allylic oxidation sites excluding steroid dienone is 14. The van der Waals surface area contributed by atoms with Crippen LogP contribution in [-0.2, 0) is 33.2 Å². The molecule has 3 aliphatic heterocycles. The second kappa shape index (κ2) is 46.8. The minimum atomic E-state index is -1.99. The second-order valence-electron chi connectivity index (χ2n) is 22.1. The lowest BCUT2D eigenvalue weighted by Crippen LogP contribution is -2.66. The first-order chi connectivity index (χ1) is 40.8. The fraction of sp³-hybridized carbons (Fsp3) is 0.738. The number of carbonyl (C=O) groups excluding carboxylic acids is 1. The highest BCUT2D eigenvalue weighted by molar-refractivity contribution is 5.77. The van der Waals surface area contributed by atoms with Crippen LogP contribution in [0, 0.1) is 0 Å². The molecule has 0 aromatic carbocycles. The van der Waals surface area contributed by atoms with Crippen LogP contribution < -0.4 is 5.32 Å². The van der Waals surface area contributed by atoms with Gasteiger partial charge in [-0.25, -0.2) is 0 Å². The average Bonchev–Trinajstić information content (AvgIpc) is 2.81. The molecule has 0 aromatic rings. The zero-order valence-corrected chi connectivity index (χ0v) is 50.3. The maximum atomic E-state index is 13.3. The van der Waals surface area contributed by atoms with E-state index in [1.807, 2.05) is 18.2 Å². The van der Waals surface area contributed by atoms with Gasteiger partial charge in [-0.1, -0.05) is 195 Å². The highest BCUT2D eigenvalue weighted by Crippen LogP contribution is 2.33. The summed E-state index contributed by atoms with van der Waals surface area (Å²) >= 11 is 0. The molecule has 3 fully saturated rings. The van der Waals surface area contributed by atoms with Gasteiger partial charge in [-0.3, -0.25) is 4.79 Å². The van der Waals surface area contributed by atoms with Crippen LogP contribution in [0.5, 0.6) is 0 Å². The normalized spacial score (nSPS) is 29.8. The molecule has 0 aromatic heterocycles. The molecular weight excluding hydrogens is 1080 g/mol. The highest BCUT2D eigenvalue weighted by atomic mass is 16.8. The van der Waals surface area contributed by atoms with E-state index in [1.54, 1.807) is 18.2 Å². The van der Waals surface area contributed by atoms with Crippen LogP contribution in [0.4, 0.5) is 0 Å². The summed E-state index contributed by atoms with van der Waals surface area (Å²) in [4.78, 5) is 13.3. The van der Waals surface area contributed by atoms with Crippen molar-refractivity contribution in [1.29, 1.82) is 0 Å². The fourth-order valence-electron chi connectivity index (χ4n) is 9.99. The lowest BCUT2D eigenvalue weighted by atomic mass is 9.96. The first-order valence-corrected chi connectivity index (χ1v) is 31.5. The van der Waals surface area contributed by atoms with Crippen LogP contribution in [0.25, 0.3) is 0 Å².